The van der Waals surface area contributed by atoms with Crippen LogP contribution in [0, 0.1) is 0 Å². The maximum absolute atomic E-state index is 11.0. The van der Waals surface area contributed by atoms with Gasteiger partial charge in [0.15, 0.2) is 0 Å². The van der Waals surface area contributed by atoms with Crippen LogP contribution in [-0.4, -0.2) is 35.2 Å². The van der Waals surface area contributed by atoms with Gasteiger partial charge in [0.25, 0.3) is 0 Å². The van der Waals surface area contributed by atoms with Crippen LogP contribution in [0.4, 0.5) is 0 Å². The Morgan fingerprint density at radius 2 is 2.29 bits per heavy atom. The highest BCUT2D eigenvalue weighted by atomic mass is 79.9. The van der Waals surface area contributed by atoms with Crippen molar-refractivity contribution < 1.29 is 19.6 Å². The lowest BCUT2D eigenvalue weighted by molar-refractivity contribution is 0.0594. The molecule has 0 amide bonds. The summed E-state index contributed by atoms with van der Waals surface area (Å²) in [6.45, 7) is 0. The molecule has 0 fully saturated rings. The number of hydrogen-bond acceptors (Lipinski definition) is 5. The van der Waals surface area contributed by atoms with Crippen LogP contribution in [0.3, 0.4) is 0 Å². The average Bonchev–Trinajstić information content (AvgIpc) is 2.17. The third kappa shape index (κ3) is 2.31. The van der Waals surface area contributed by atoms with Crippen molar-refractivity contribution in [1.29, 1.82) is 0 Å². The summed E-state index contributed by atoms with van der Waals surface area (Å²) in [5.41, 5.74) is 0.194. The van der Waals surface area contributed by atoms with Crippen LogP contribution in [0.5, 0.6) is 0 Å². The Morgan fingerprint density at radius 3 is 2.79 bits per heavy atom. The van der Waals surface area contributed by atoms with E-state index in [1.54, 1.807) is 0 Å². The number of methoxy groups -OCH3 is 1. The lowest BCUT2D eigenvalue weighted by Gasteiger charge is -2.04. The maximum atomic E-state index is 11.0. The van der Waals surface area contributed by atoms with Gasteiger partial charge in [0.1, 0.15) is 5.69 Å². The largest absolute Gasteiger partial charge is 0.489 e. The molecule has 0 unspecified atom stereocenters. The molecule has 1 aromatic heterocycles. The minimum atomic E-state index is -1.66. The quantitative estimate of drug-likeness (QED) is 0.543. The fourth-order valence-electron chi connectivity index (χ4n) is 0.868. The summed E-state index contributed by atoms with van der Waals surface area (Å²) < 4.78 is 4.85. The number of nitrogens with zero attached hydrogens (tertiary/aromatic N) is 1. The molecular weight excluding hydrogens is 253 g/mol. The molecule has 1 heterocycles. The van der Waals surface area contributed by atoms with E-state index in [-0.39, 0.29) is 11.2 Å². The van der Waals surface area contributed by atoms with Gasteiger partial charge in [0, 0.05) is 16.1 Å². The van der Waals surface area contributed by atoms with Crippen LogP contribution in [-0.2, 0) is 4.74 Å². The number of hydrogen-bond donors (Lipinski definition) is 2. The van der Waals surface area contributed by atoms with Crippen LogP contribution in [0.15, 0.2) is 16.7 Å². The summed E-state index contributed by atoms with van der Waals surface area (Å²) in [4.78, 5) is 14.8. The third-order valence-electron chi connectivity index (χ3n) is 1.56. The fraction of sp³-hybridized carbons (Fsp3) is 0.143. The van der Waals surface area contributed by atoms with Crippen molar-refractivity contribution in [2.24, 2.45) is 0 Å². The van der Waals surface area contributed by atoms with Gasteiger partial charge in [-0.25, -0.2) is 9.78 Å². The Morgan fingerprint density at radius 1 is 1.64 bits per heavy atom. The summed E-state index contributed by atoms with van der Waals surface area (Å²) in [6.07, 6.45) is 1.31. The molecule has 74 valence electrons. The fourth-order valence-corrected chi connectivity index (χ4v) is 1.29. The highest BCUT2D eigenvalue weighted by Crippen LogP contribution is 2.06. The minimum Gasteiger partial charge on any atom is -0.464 e. The molecule has 0 aliphatic heterocycles. The van der Waals surface area contributed by atoms with Gasteiger partial charge in [-0.3, -0.25) is 0 Å². The van der Waals surface area contributed by atoms with Gasteiger partial charge in [0.05, 0.1) is 7.11 Å². The number of aromatic nitrogens is 1. The van der Waals surface area contributed by atoms with E-state index >= 15 is 0 Å². The maximum Gasteiger partial charge on any atom is 0.489 e. The van der Waals surface area contributed by atoms with Crippen LogP contribution in [0.1, 0.15) is 10.5 Å². The Bertz CT molecular complexity index is 358. The number of ether oxygens (including phenoxy) is 1. The van der Waals surface area contributed by atoms with E-state index in [9.17, 15) is 4.79 Å². The van der Waals surface area contributed by atoms with Crippen molar-refractivity contribution in [3.8, 4) is 0 Å². The lowest BCUT2D eigenvalue weighted by Crippen LogP contribution is -2.32. The second-order valence-electron chi connectivity index (χ2n) is 2.46. The highest BCUT2D eigenvalue weighted by molar-refractivity contribution is 9.10. The molecule has 0 radical (unpaired) electrons. The first kappa shape index (κ1) is 11.2. The molecule has 5 nitrogen and oxygen atoms in total. The second kappa shape index (κ2) is 4.54. The first-order chi connectivity index (χ1) is 6.56. The van der Waals surface area contributed by atoms with Crippen LogP contribution in [0.25, 0.3) is 0 Å². The number of halogens is 1. The molecule has 0 atom stereocenters. The lowest BCUT2D eigenvalue weighted by atomic mass is 9.80. The van der Waals surface area contributed by atoms with Crippen molar-refractivity contribution in [3.05, 3.63) is 22.4 Å². The van der Waals surface area contributed by atoms with E-state index in [1.807, 2.05) is 0 Å². The van der Waals surface area contributed by atoms with Crippen molar-refractivity contribution >= 4 is 34.5 Å². The van der Waals surface area contributed by atoms with Gasteiger partial charge in [-0.05, 0) is 22.0 Å². The van der Waals surface area contributed by atoms with E-state index < -0.39 is 13.1 Å². The molecule has 0 saturated carbocycles. The smallest absolute Gasteiger partial charge is 0.464 e. The second-order valence-corrected chi connectivity index (χ2v) is 3.31. The van der Waals surface area contributed by atoms with Crippen LogP contribution in [0.2, 0.25) is 0 Å². The molecule has 1 aromatic rings. The van der Waals surface area contributed by atoms with Crippen LogP contribution >= 0.6 is 15.9 Å². The Labute approximate surface area is 89.0 Å². The normalized spacial score (nSPS) is 9.71. The van der Waals surface area contributed by atoms with Gasteiger partial charge in [-0.1, -0.05) is 0 Å². The number of carbonyl (C=O) groups is 1. The molecule has 1 rings (SSSR count). The summed E-state index contributed by atoms with van der Waals surface area (Å²) in [7, 11) is -0.433. The molecule has 0 aliphatic rings. The number of esters is 1. The first-order valence-electron chi connectivity index (χ1n) is 3.66. The number of rotatable bonds is 2. The van der Waals surface area contributed by atoms with E-state index in [4.69, 9.17) is 10.0 Å². The van der Waals surface area contributed by atoms with Crippen molar-refractivity contribution in [3.63, 3.8) is 0 Å². The molecule has 7 heteroatoms. The van der Waals surface area contributed by atoms with E-state index in [2.05, 4.69) is 25.7 Å². The Kier molecular flexibility index (Phi) is 3.62. The minimum absolute atomic E-state index is 0.0267. The van der Waals surface area contributed by atoms with E-state index in [0.717, 1.165) is 0 Å². The standard InChI is InChI=1S/C7H7BBrNO4/c1-14-7(11)6-2-4(8(12)13)5(9)3-10-6/h2-3,12-13H,1H3. The molecule has 0 saturated heterocycles. The van der Waals surface area contributed by atoms with Crippen LogP contribution < -0.4 is 5.46 Å². The molecule has 0 bridgehead atoms. The molecule has 0 aliphatic carbocycles. The zero-order valence-corrected chi connectivity index (χ0v) is 8.85. The van der Waals surface area contributed by atoms with Crippen molar-refractivity contribution in [1.82, 2.24) is 4.98 Å². The highest BCUT2D eigenvalue weighted by Gasteiger charge is 2.18. The molecule has 0 spiro atoms. The SMILES string of the molecule is COC(=O)c1cc(B(O)O)c(Br)cn1. The zero-order chi connectivity index (χ0) is 10.7. The van der Waals surface area contributed by atoms with Gasteiger partial charge in [0.2, 0.25) is 0 Å². The summed E-state index contributed by atoms with van der Waals surface area (Å²) in [5, 5.41) is 17.9. The molecular formula is C7H7BBrNO4. The third-order valence-corrected chi connectivity index (χ3v) is 2.22. The van der Waals surface area contributed by atoms with Gasteiger partial charge >= 0.3 is 13.1 Å². The van der Waals surface area contributed by atoms with Crippen molar-refractivity contribution in [2.45, 2.75) is 0 Å². The van der Waals surface area contributed by atoms with Gasteiger partial charge in [-0.2, -0.15) is 0 Å². The Balaban J connectivity index is 3.13. The molecule has 2 N–H and O–H groups in total. The van der Waals surface area contributed by atoms with Gasteiger partial charge < -0.3 is 14.8 Å². The number of pyridine rings is 1. The van der Waals surface area contributed by atoms with Crippen molar-refractivity contribution in [2.75, 3.05) is 7.11 Å². The first-order valence-corrected chi connectivity index (χ1v) is 4.45. The van der Waals surface area contributed by atoms with Gasteiger partial charge in [-0.15, -0.1) is 0 Å². The average molecular weight is 260 g/mol. The zero-order valence-electron chi connectivity index (χ0n) is 7.27. The monoisotopic (exact) mass is 259 g/mol. The Hall–Kier alpha value is -0.915. The summed E-state index contributed by atoms with van der Waals surface area (Å²) in [6, 6.07) is 1.25. The van der Waals surface area contributed by atoms with E-state index in [1.165, 1.54) is 19.4 Å². The van der Waals surface area contributed by atoms with E-state index in [0.29, 0.717) is 4.47 Å². The predicted octanol–water partition coefficient (Wildman–Crippen LogP) is -0.690. The summed E-state index contributed by atoms with van der Waals surface area (Å²) in [5.74, 6) is -0.626. The summed E-state index contributed by atoms with van der Waals surface area (Å²) >= 11 is 3.07. The predicted molar refractivity (Wildman–Crippen MR) is 53.1 cm³/mol. The molecule has 14 heavy (non-hydrogen) atoms. The number of carbonyl (C=O) groups excluding carboxylic acids is 1. The molecule has 0 aromatic carbocycles. The topological polar surface area (TPSA) is 79.7 Å².